The number of rotatable bonds is 0. The van der Waals surface area contributed by atoms with E-state index in [1.54, 1.807) is 6.08 Å². The molecule has 18 heavy (non-hydrogen) atoms. The van der Waals surface area contributed by atoms with Crippen LogP contribution in [-0.4, -0.2) is 11.6 Å². The van der Waals surface area contributed by atoms with Gasteiger partial charge in [-0.2, -0.15) is 0 Å². The first-order valence-corrected chi connectivity index (χ1v) is 6.07. The fourth-order valence-electron chi connectivity index (χ4n) is 3.04. The highest BCUT2D eigenvalue weighted by atomic mass is 16.1. The van der Waals surface area contributed by atoms with Gasteiger partial charge in [0.15, 0.2) is 11.6 Å². The summed E-state index contributed by atoms with van der Waals surface area (Å²) in [7, 11) is 0. The largest absolute Gasteiger partial charge is 0.294 e. The molecule has 0 unspecified atom stereocenters. The SMILES string of the molecule is O=C1Cc2cccc3ccc4c(c23)C1=CCC4=O. The number of ketones is 2. The molecule has 0 atom stereocenters. The Morgan fingerprint density at radius 3 is 2.72 bits per heavy atom. The highest BCUT2D eigenvalue weighted by Crippen LogP contribution is 2.39. The van der Waals surface area contributed by atoms with Crippen molar-refractivity contribution in [1.82, 2.24) is 0 Å². The predicted octanol–water partition coefficient (Wildman–Crippen LogP) is 2.93. The molecule has 2 aromatic carbocycles. The highest BCUT2D eigenvalue weighted by molar-refractivity contribution is 6.31. The average Bonchev–Trinajstić information content (AvgIpc) is 2.38. The molecule has 0 saturated carbocycles. The van der Waals surface area contributed by atoms with Crippen LogP contribution in [0.25, 0.3) is 16.3 Å². The van der Waals surface area contributed by atoms with Crippen molar-refractivity contribution in [2.45, 2.75) is 12.8 Å². The summed E-state index contributed by atoms with van der Waals surface area (Å²) in [5.41, 5.74) is 3.37. The van der Waals surface area contributed by atoms with E-state index in [0.717, 1.165) is 27.5 Å². The van der Waals surface area contributed by atoms with Crippen LogP contribution in [0.5, 0.6) is 0 Å². The van der Waals surface area contributed by atoms with Crippen LogP contribution < -0.4 is 0 Å². The highest BCUT2D eigenvalue weighted by Gasteiger charge is 2.30. The van der Waals surface area contributed by atoms with Crippen LogP contribution in [0.3, 0.4) is 0 Å². The molecule has 2 aliphatic carbocycles. The minimum Gasteiger partial charge on any atom is -0.294 e. The maximum atomic E-state index is 12.1. The first-order valence-electron chi connectivity index (χ1n) is 6.07. The lowest BCUT2D eigenvalue weighted by molar-refractivity contribution is -0.113. The van der Waals surface area contributed by atoms with Crippen LogP contribution in [0.2, 0.25) is 0 Å². The summed E-state index contributed by atoms with van der Waals surface area (Å²) in [5.74, 6) is 0.245. The smallest absolute Gasteiger partial charge is 0.167 e. The first-order chi connectivity index (χ1) is 8.75. The Hall–Kier alpha value is -2.22. The van der Waals surface area contributed by atoms with Gasteiger partial charge < -0.3 is 0 Å². The van der Waals surface area contributed by atoms with E-state index in [2.05, 4.69) is 0 Å². The maximum Gasteiger partial charge on any atom is 0.167 e. The van der Waals surface area contributed by atoms with Crippen LogP contribution >= 0.6 is 0 Å². The average molecular weight is 234 g/mol. The van der Waals surface area contributed by atoms with Crippen molar-refractivity contribution in [2.24, 2.45) is 0 Å². The van der Waals surface area contributed by atoms with Crippen molar-refractivity contribution in [3.05, 3.63) is 53.1 Å². The molecule has 0 spiro atoms. The Kier molecular flexibility index (Phi) is 1.72. The van der Waals surface area contributed by atoms with Crippen LogP contribution in [0, 0.1) is 0 Å². The fourth-order valence-corrected chi connectivity index (χ4v) is 3.04. The monoisotopic (exact) mass is 234 g/mol. The number of benzene rings is 2. The van der Waals surface area contributed by atoms with Gasteiger partial charge in [-0.25, -0.2) is 0 Å². The molecule has 2 aromatic rings. The summed E-state index contributed by atoms with van der Waals surface area (Å²) in [6.45, 7) is 0. The van der Waals surface area contributed by atoms with Crippen molar-refractivity contribution < 1.29 is 9.59 Å². The molecule has 2 nitrogen and oxygen atoms in total. The molecular formula is C16H10O2. The molecule has 0 saturated heterocycles. The van der Waals surface area contributed by atoms with Crippen molar-refractivity contribution in [2.75, 3.05) is 0 Å². The van der Waals surface area contributed by atoms with Gasteiger partial charge in [0.2, 0.25) is 0 Å². The van der Waals surface area contributed by atoms with Gasteiger partial charge >= 0.3 is 0 Å². The molecule has 0 aliphatic heterocycles. The van der Waals surface area contributed by atoms with Crippen molar-refractivity contribution in [1.29, 1.82) is 0 Å². The van der Waals surface area contributed by atoms with Crippen LogP contribution in [0.15, 0.2) is 36.4 Å². The van der Waals surface area contributed by atoms with Gasteiger partial charge in [-0.1, -0.05) is 36.4 Å². The van der Waals surface area contributed by atoms with Crippen LogP contribution in [-0.2, 0) is 11.2 Å². The minimum absolute atomic E-state index is 0.111. The molecule has 0 amide bonds. The normalized spacial score (nSPS) is 17.0. The van der Waals surface area contributed by atoms with Crippen molar-refractivity contribution >= 4 is 27.9 Å². The molecule has 0 bridgehead atoms. The summed E-state index contributed by atoms with van der Waals surface area (Å²) >= 11 is 0. The molecule has 0 radical (unpaired) electrons. The number of Topliss-reactive ketones (excluding diaryl/α,β-unsaturated/α-hetero) is 2. The van der Waals surface area contributed by atoms with Crippen molar-refractivity contribution in [3.63, 3.8) is 0 Å². The predicted molar refractivity (Wildman–Crippen MR) is 69.6 cm³/mol. The zero-order chi connectivity index (χ0) is 12.3. The number of allylic oxidation sites excluding steroid dienone is 2. The van der Waals surface area contributed by atoms with Crippen LogP contribution in [0.4, 0.5) is 0 Å². The maximum absolute atomic E-state index is 12.1. The Balaban J connectivity index is 2.27. The van der Waals surface area contributed by atoms with Gasteiger partial charge in [0.05, 0.1) is 0 Å². The zero-order valence-corrected chi connectivity index (χ0v) is 9.69. The summed E-state index contributed by atoms with van der Waals surface area (Å²) in [6.07, 6.45) is 2.60. The molecule has 2 aliphatic rings. The van der Waals surface area contributed by atoms with E-state index >= 15 is 0 Å². The first kappa shape index (κ1) is 9.77. The number of carbonyl (C=O) groups excluding carboxylic acids is 2. The van der Waals surface area contributed by atoms with Crippen LogP contribution in [0.1, 0.15) is 27.9 Å². The Morgan fingerprint density at radius 2 is 1.83 bits per heavy atom. The summed E-state index contributed by atoms with van der Waals surface area (Å²) in [4.78, 5) is 24.1. The van der Waals surface area contributed by atoms with Gasteiger partial charge in [0.1, 0.15) is 0 Å². The lowest BCUT2D eigenvalue weighted by Crippen LogP contribution is -2.19. The topological polar surface area (TPSA) is 34.1 Å². The summed E-state index contributed by atoms with van der Waals surface area (Å²) in [6, 6.07) is 9.82. The van der Waals surface area contributed by atoms with E-state index < -0.39 is 0 Å². The molecular weight excluding hydrogens is 224 g/mol. The summed E-state index contributed by atoms with van der Waals surface area (Å²) < 4.78 is 0. The van der Waals surface area contributed by atoms with E-state index in [-0.39, 0.29) is 11.6 Å². The van der Waals surface area contributed by atoms with Gasteiger partial charge in [0, 0.05) is 29.5 Å². The molecule has 2 heteroatoms. The third-order valence-corrected chi connectivity index (χ3v) is 3.84. The van der Waals surface area contributed by atoms with E-state index in [9.17, 15) is 9.59 Å². The van der Waals surface area contributed by atoms with E-state index in [1.807, 2.05) is 30.3 Å². The Morgan fingerprint density at radius 1 is 0.944 bits per heavy atom. The van der Waals surface area contributed by atoms with Gasteiger partial charge in [0.25, 0.3) is 0 Å². The quantitative estimate of drug-likeness (QED) is 0.702. The van der Waals surface area contributed by atoms with Gasteiger partial charge in [-0.15, -0.1) is 0 Å². The molecule has 0 heterocycles. The van der Waals surface area contributed by atoms with Crippen molar-refractivity contribution in [3.8, 4) is 0 Å². The lowest BCUT2D eigenvalue weighted by Gasteiger charge is -2.24. The Bertz CT molecular complexity index is 766. The van der Waals surface area contributed by atoms with E-state index in [0.29, 0.717) is 18.4 Å². The third kappa shape index (κ3) is 1.07. The standard InChI is InChI=1S/C16H10O2/c17-13-7-6-12-14(18)8-10-3-1-2-9-4-5-11(13)16(12)15(9)10/h1-6H,7-8H2. The third-order valence-electron chi connectivity index (χ3n) is 3.84. The molecule has 0 fully saturated rings. The molecule has 0 aromatic heterocycles. The Labute approximate surface area is 104 Å². The number of carbonyl (C=O) groups is 2. The number of hydrogen-bond donors (Lipinski definition) is 0. The number of hydrogen-bond acceptors (Lipinski definition) is 2. The zero-order valence-electron chi connectivity index (χ0n) is 9.69. The molecule has 0 N–H and O–H groups in total. The van der Waals surface area contributed by atoms with E-state index in [1.165, 1.54) is 0 Å². The second-order valence-corrected chi connectivity index (χ2v) is 4.85. The molecule has 86 valence electrons. The second-order valence-electron chi connectivity index (χ2n) is 4.85. The van der Waals surface area contributed by atoms with Gasteiger partial charge in [-0.3, -0.25) is 9.59 Å². The fraction of sp³-hybridized carbons (Fsp3) is 0.125. The minimum atomic E-state index is 0.111. The lowest BCUT2D eigenvalue weighted by atomic mass is 9.78. The molecule has 4 rings (SSSR count). The van der Waals surface area contributed by atoms with E-state index in [4.69, 9.17) is 0 Å². The van der Waals surface area contributed by atoms with Gasteiger partial charge in [-0.05, 0) is 16.3 Å². The summed E-state index contributed by atoms with van der Waals surface area (Å²) in [5, 5.41) is 2.20. The second kappa shape index (κ2) is 3.16.